The number of halogens is 1. The van der Waals surface area contributed by atoms with Gasteiger partial charge in [0.25, 0.3) is 5.91 Å². The molecule has 1 atom stereocenters. The van der Waals surface area contributed by atoms with Gasteiger partial charge in [-0.1, -0.05) is 23.7 Å². The third kappa shape index (κ3) is 5.22. The topological polar surface area (TPSA) is 64.6 Å². The molecule has 2 aromatic rings. The summed E-state index contributed by atoms with van der Waals surface area (Å²) in [6, 6.07) is 12.0. The summed E-state index contributed by atoms with van der Waals surface area (Å²) in [6.07, 6.45) is -0.706. The summed E-state index contributed by atoms with van der Waals surface area (Å²) in [5.74, 6) is -0.183. The third-order valence-electron chi connectivity index (χ3n) is 3.41. The summed E-state index contributed by atoms with van der Waals surface area (Å²) in [5, 5.41) is 2.95. The predicted molar refractivity (Wildman–Crippen MR) is 97.3 cm³/mol. The van der Waals surface area contributed by atoms with Crippen molar-refractivity contribution in [3.05, 3.63) is 58.6 Å². The van der Waals surface area contributed by atoms with Gasteiger partial charge < -0.3 is 14.8 Å². The smallest absolute Gasteiger partial charge is 0.338 e. The number of esters is 1. The van der Waals surface area contributed by atoms with Crippen molar-refractivity contribution >= 4 is 29.2 Å². The molecule has 0 saturated carbocycles. The molecule has 0 heterocycles. The minimum absolute atomic E-state index is 0.252. The number of ether oxygens (including phenoxy) is 2. The van der Waals surface area contributed by atoms with Crippen LogP contribution in [0.15, 0.2) is 42.5 Å². The second-order valence-electron chi connectivity index (χ2n) is 5.48. The SMILES string of the molecule is CCOC(=O)c1ccc(NC(=O)[C@H](C)Oc2cccc(C)c2)c(Cl)c1. The van der Waals surface area contributed by atoms with E-state index in [0.29, 0.717) is 17.0 Å². The molecular formula is C19H20ClNO4. The van der Waals surface area contributed by atoms with E-state index in [1.807, 2.05) is 25.1 Å². The zero-order valence-corrected chi connectivity index (χ0v) is 15.1. The van der Waals surface area contributed by atoms with Gasteiger partial charge in [-0.05, 0) is 56.7 Å². The average molecular weight is 362 g/mol. The lowest BCUT2D eigenvalue weighted by Gasteiger charge is -2.16. The molecule has 25 heavy (non-hydrogen) atoms. The van der Waals surface area contributed by atoms with Crippen LogP contribution in [0.3, 0.4) is 0 Å². The van der Waals surface area contributed by atoms with Gasteiger partial charge in [-0.3, -0.25) is 4.79 Å². The Hall–Kier alpha value is -2.53. The van der Waals surface area contributed by atoms with E-state index in [1.165, 1.54) is 6.07 Å². The molecule has 0 bridgehead atoms. The van der Waals surface area contributed by atoms with Crippen LogP contribution in [0, 0.1) is 6.92 Å². The summed E-state index contributed by atoms with van der Waals surface area (Å²) in [6.45, 7) is 5.60. The maximum Gasteiger partial charge on any atom is 0.338 e. The number of carbonyl (C=O) groups is 2. The number of anilines is 1. The van der Waals surface area contributed by atoms with Crippen LogP contribution in [-0.4, -0.2) is 24.6 Å². The van der Waals surface area contributed by atoms with Crippen LogP contribution in [0.2, 0.25) is 5.02 Å². The van der Waals surface area contributed by atoms with Gasteiger partial charge in [0.2, 0.25) is 0 Å². The molecule has 0 unspecified atom stereocenters. The quantitative estimate of drug-likeness (QED) is 0.782. The Morgan fingerprint density at radius 2 is 1.96 bits per heavy atom. The molecule has 0 aliphatic heterocycles. The van der Waals surface area contributed by atoms with Gasteiger partial charge >= 0.3 is 5.97 Å². The molecule has 2 aromatic carbocycles. The van der Waals surface area contributed by atoms with Crippen molar-refractivity contribution in [1.29, 1.82) is 0 Å². The molecule has 0 fully saturated rings. The largest absolute Gasteiger partial charge is 0.481 e. The Bertz CT molecular complexity index is 776. The van der Waals surface area contributed by atoms with Gasteiger partial charge in [-0.15, -0.1) is 0 Å². The molecule has 2 rings (SSSR count). The maximum absolute atomic E-state index is 12.3. The second kappa shape index (κ2) is 8.53. The Balaban J connectivity index is 2.03. The summed E-state index contributed by atoms with van der Waals surface area (Å²) >= 11 is 6.14. The molecule has 0 aliphatic rings. The predicted octanol–water partition coefficient (Wildman–Crippen LogP) is 4.23. The molecule has 6 heteroatoms. The van der Waals surface area contributed by atoms with E-state index in [1.54, 1.807) is 32.0 Å². The molecule has 5 nitrogen and oxygen atoms in total. The molecule has 0 aliphatic carbocycles. The number of aryl methyl sites for hydroxylation is 1. The number of carbonyl (C=O) groups excluding carboxylic acids is 2. The number of benzene rings is 2. The molecule has 132 valence electrons. The number of nitrogens with one attached hydrogen (secondary N) is 1. The van der Waals surface area contributed by atoms with Crippen molar-refractivity contribution in [3.8, 4) is 5.75 Å². The van der Waals surface area contributed by atoms with E-state index in [-0.39, 0.29) is 17.5 Å². The fraction of sp³-hybridized carbons (Fsp3) is 0.263. The monoisotopic (exact) mass is 361 g/mol. The number of hydrogen-bond donors (Lipinski definition) is 1. The lowest BCUT2D eigenvalue weighted by atomic mass is 10.2. The van der Waals surface area contributed by atoms with Crippen molar-refractivity contribution in [2.45, 2.75) is 26.9 Å². The third-order valence-corrected chi connectivity index (χ3v) is 3.72. The Morgan fingerprint density at radius 1 is 1.20 bits per heavy atom. The second-order valence-corrected chi connectivity index (χ2v) is 5.89. The Labute approximate surface area is 151 Å². The first kappa shape index (κ1) is 18.8. The fourth-order valence-electron chi connectivity index (χ4n) is 2.14. The minimum atomic E-state index is -0.706. The van der Waals surface area contributed by atoms with Crippen LogP contribution in [0.1, 0.15) is 29.8 Å². The summed E-state index contributed by atoms with van der Waals surface area (Å²) < 4.78 is 10.5. The van der Waals surface area contributed by atoms with E-state index in [2.05, 4.69) is 5.32 Å². The lowest BCUT2D eigenvalue weighted by molar-refractivity contribution is -0.122. The van der Waals surface area contributed by atoms with Gasteiger partial charge in [-0.2, -0.15) is 0 Å². The molecule has 0 aromatic heterocycles. The first-order valence-electron chi connectivity index (χ1n) is 7.91. The standard InChI is InChI=1S/C19H20ClNO4/c1-4-24-19(23)14-8-9-17(16(20)11-14)21-18(22)13(3)25-15-7-5-6-12(2)10-15/h5-11,13H,4H2,1-3H3,(H,21,22)/t13-/m0/s1. The van der Waals surface area contributed by atoms with Crippen molar-refractivity contribution in [3.63, 3.8) is 0 Å². The van der Waals surface area contributed by atoms with Crippen molar-refractivity contribution in [2.75, 3.05) is 11.9 Å². The summed E-state index contributed by atoms with van der Waals surface area (Å²) in [5.41, 5.74) is 1.77. The Kier molecular flexibility index (Phi) is 6.42. The molecule has 0 radical (unpaired) electrons. The summed E-state index contributed by atoms with van der Waals surface area (Å²) in [7, 11) is 0. The molecule has 0 spiro atoms. The molecule has 0 saturated heterocycles. The van der Waals surface area contributed by atoms with Gasteiger partial charge in [-0.25, -0.2) is 4.79 Å². The van der Waals surface area contributed by atoms with Crippen molar-refractivity contribution in [2.24, 2.45) is 0 Å². The van der Waals surface area contributed by atoms with Gasteiger partial charge in [0.05, 0.1) is 22.9 Å². The highest BCUT2D eigenvalue weighted by Gasteiger charge is 2.17. The zero-order valence-electron chi connectivity index (χ0n) is 14.3. The van der Waals surface area contributed by atoms with Gasteiger partial charge in [0.15, 0.2) is 6.10 Å². The van der Waals surface area contributed by atoms with E-state index in [4.69, 9.17) is 21.1 Å². The molecular weight excluding hydrogens is 342 g/mol. The highest BCUT2D eigenvalue weighted by molar-refractivity contribution is 6.34. The van der Waals surface area contributed by atoms with Crippen molar-refractivity contribution < 1.29 is 19.1 Å². The first-order valence-corrected chi connectivity index (χ1v) is 8.29. The highest BCUT2D eigenvalue weighted by Crippen LogP contribution is 2.24. The number of hydrogen-bond acceptors (Lipinski definition) is 4. The van der Waals surface area contributed by atoms with Gasteiger partial charge in [0, 0.05) is 0 Å². The fourth-order valence-corrected chi connectivity index (χ4v) is 2.37. The van der Waals surface area contributed by atoms with E-state index in [0.717, 1.165) is 5.56 Å². The van der Waals surface area contributed by atoms with Gasteiger partial charge in [0.1, 0.15) is 5.75 Å². The maximum atomic E-state index is 12.3. The van der Waals surface area contributed by atoms with E-state index in [9.17, 15) is 9.59 Å². The van der Waals surface area contributed by atoms with Crippen LogP contribution < -0.4 is 10.1 Å². The number of amides is 1. The van der Waals surface area contributed by atoms with Crippen LogP contribution in [0.4, 0.5) is 5.69 Å². The molecule has 1 N–H and O–H groups in total. The molecule has 1 amide bonds. The Morgan fingerprint density at radius 3 is 2.60 bits per heavy atom. The summed E-state index contributed by atoms with van der Waals surface area (Å²) in [4.78, 5) is 24.0. The number of rotatable bonds is 6. The lowest BCUT2D eigenvalue weighted by Crippen LogP contribution is -2.30. The van der Waals surface area contributed by atoms with Crippen LogP contribution in [0.25, 0.3) is 0 Å². The zero-order chi connectivity index (χ0) is 18.4. The van der Waals surface area contributed by atoms with Crippen molar-refractivity contribution in [1.82, 2.24) is 0 Å². The van der Waals surface area contributed by atoms with E-state index >= 15 is 0 Å². The first-order chi connectivity index (χ1) is 11.9. The van der Waals surface area contributed by atoms with Crippen LogP contribution >= 0.6 is 11.6 Å². The van der Waals surface area contributed by atoms with Crippen LogP contribution in [0.5, 0.6) is 5.75 Å². The van der Waals surface area contributed by atoms with Crippen LogP contribution in [-0.2, 0) is 9.53 Å². The highest BCUT2D eigenvalue weighted by atomic mass is 35.5. The average Bonchev–Trinajstić information content (AvgIpc) is 2.56. The minimum Gasteiger partial charge on any atom is -0.481 e. The normalized spacial score (nSPS) is 11.5. The van der Waals surface area contributed by atoms with E-state index < -0.39 is 12.1 Å².